The van der Waals surface area contributed by atoms with Crippen LogP contribution in [0.1, 0.15) is 45.2 Å². The second-order valence-corrected chi connectivity index (χ2v) is 7.09. The number of aromatic nitrogens is 1. The van der Waals surface area contributed by atoms with Gasteiger partial charge in [0.25, 0.3) is 0 Å². The van der Waals surface area contributed by atoms with Crippen molar-refractivity contribution in [3.8, 4) is 0 Å². The first-order valence-electron chi connectivity index (χ1n) is 7.05. The number of rotatable bonds is 1. The van der Waals surface area contributed by atoms with Gasteiger partial charge in [-0.15, -0.1) is 0 Å². The molecule has 2 atom stereocenters. The SMILES string of the molecule is CC(C)(C)OC(=O)N1CCC(O)CC1c1ccc(Br)nc1. The first kappa shape index (κ1) is 16.2. The molecule has 0 spiro atoms. The number of ether oxygens (including phenoxy) is 1. The molecule has 1 aromatic rings. The summed E-state index contributed by atoms with van der Waals surface area (Å²) >= 11 is 3.30. The molecule has 1 amide bonds. The maximum absolute atomic E-state index is 12.4. The van der Waals surface area contributed by atoms with Gasteiger partial charge in [0.1, 0.15) is 10.2 Å². The molecule has 2 heterocycles. The second kappa shape index (κ2) is 6.32. The average Bonchev–Trinajstić information content (AvgIpc) is 2.37. The minimum Gasteiger partial charge on any atom is -0.444 e. The summed E-state index contributed by atoms with van der Waals surface area (Å²) in [6.45, 7) is 6.02. The highest BCUT2D eigenvalue weighted by Crippen LogP contribution is 2.32. The normalized spacial score (nSPS) is 23.0. The van der Waals surface area contributed by atoms with Crippen molar-refractivity contribution in [1.82, 2.24) is 9.88 Å². The number of halogens is 1. The van der Waals surface area contributed by atoms with Gasteiger partial charge in [0.15, 0.2) is 0 Å². The van der Waals surface area contributed by atoms with Crippen molar-refractivity contribution in [3.63, 3.8) is 0 Å². The first-order chi connectivity index (χ1) is 9.76. The van der Waals surface area contributed by atoms with Crippen LogP contribution >= 0.6 is 15.9 Å². The van der Waals surface area contributed by atoms with Crippen molar-refractivity contribution in [2.45, 2.75) is 51.4 Å². The van der Waals surface area contributed by atoms with Crippen LogP contribution in [0.5, 0.6) is 0 Å². The number of hydrogen-bond acceptors (Lipinski definition) is 4. The van der Waals surface area contributed by atoms with Gasteiger partial charge in [0, 0.05) is 12.7 Å². The predicted octanol–water partition coefficient (Wildman–Crippen LogP) is 3.28. The lowest BCUT2D eigenvalue weighted by atomic mass is 9.95. The van der Waals surface area contributed by atoms with E-state index in [9.17, 15) is 9.90 Å². The van der Waals surface area contributed by atoms with E-state index in [1.807, 2.05) is 32.9 Å². The molecule has 0 radical (unpaired) electrons. The van der Waals surface area contributed by atoms with Crippen LogP contribution in [0.3, 0.4) is 0 Å². The van der Waals surface area contributed by atoms with Gasteiger partial charge in [-0.1, -0.05) is 6.07 Å². The Morgan fingerprint density at radius 2 is 2.19 bits per heavy atom. The van der Waals surface area contributed by atoms with Crippen molar-refractivity contribution in [1.29, 1.82) is 0 Å². The Bertz CT molecular complexity index is 499. The molecule has 1 fully saturated rings. The van der Waals surface area contributed by atoms with E-state index in [2.05, 4.69) is 20.9 Å². The zero-order valence-corrected chi connectivity index (χ0v) is 14.1. The minimum absolute atomic E-state index is 0.204. The molecule has 1 saturated heterocycles. The minimum atomic E-state index is -0.532. The molecule has 1 aliphatic heterocycles. The third kappa shape index (κ3) is 4.41. The van der Waals surface area contributed by atoms with Crippen molar-refractivity contribution < 1.29 is 14.6 Å². The number of nitrogens with zero attached hydrogens (tertiary/aromatic N) is 2. The summed E-state index contributed by atoms with van der Waals surface area (Å²) in [5.74, 6) is 0. The van der Waals surface area contributed by atoms with Crippen LogP contribution in [0.25, 0.3) is 0 Å². The van der Waals surface area contributed by atoms with E-state index in [0.717, 1.165) is 10.2 Å². The quantitative estimate of drug-likeness (QED) is 0.784. The van der Waals surface area contributed by atoms with E-state index in [1.54, 1.807) is 11.1 Å². The summed E-state index contributed by atoms with van der Waals surface area (Å²) < 4.78 is 6.21. The predicted molar refractivity (Wildman–Crippen MR) is 82.9 cm³/mol. The summed E-state index contributed by atoms with van der Waals surface area (Å²) in [7, 11) is 0. The number of likely N-dealkylation sites (tertiary alicyclic amines) is 1. The molecule has 0 aliphatic carbocycles. The lowest BCUT2D eigenvalue weighted by molar-refractivity contribution is -0.00848. The van der Waals surface area contributed by atoms with Crippen LogP contribution in [0.15, 0.2) is 22.9 Å². The van der Waals surface area contributed by atoms with Gasteiger partial charge in [-0.25, -0.2) is 9.78 Å². The maximum Gasteiger partial charge on any atom is 0.410 e. The molecule has 1 N–H and O–H groups in total. The zero-order chi connectivity index (χ0) is 15.6. The Hall–Kier alpha value is -1.14. The molecule has 5 nitrogen and oxygen atoms in total. The summed E-state index contributed by atoms with van der Waals surface area (Å²) in [6, 6.07) is 3.55. The highest BCUT2D eigenvalue weighted by atomic mass is 79.9. The van der Waals surface area contributed by atoms with Crippen LogP contribution in [0, 0.1) is 0 Å². The molecule has 0 saturated carbocycles. The van der Waals surface area contributed by atoms with Crippen molar-refractivity contribution in [2.75, 3.05) is 6.54 Å². The van der Waals surface area contributed by atoms with Gasteiger partial charge in [0.2, 0.25) is 0 Å². The van der Waals surface area contributed by atoms with Crippen molar-refractivity contribution in [3.05, 3.63) is 28.5 Å². The fourth-order valence-electron chi connectivity index (χ4n) is 2.39. The molecular weight excluding hydrogens is 336 g/mol. The van der Waals surface area contributed by atoms with Crippen LogP contribution < -0.4 is 0 Å². The van der Waals surface area contributed by atoms with Crippen LogP contribution in [0.4, 0.5) is 4.79 Å². The largest absolute Gasteiger partial charge is 0.444 e. The number of hydrogen-bond donors (Lipinski definition) is 1. The number of carbonyl (C=O) groups excluding carboxylic acids is 1. The maximum atomic E-state index is 12.4. The number of piperidine rings is 1. The van der Waals surface area contributed by atoms with Gasteiger partial charge in [-0.2, -0.15) is 0 Å². The van der Waals surface area contributed by atoms with Gasteiger partial charge in [-0.05, 0) is 61.2 Å². The molecule has 2 rings (SSSR count). The fraction of sp³-hybridized carbons (Fsp3) is 0.600. The highest BCUT2D eigenvalue weighted by Gasteiger charge is 2.34. The van der Waals surface area contributed by atoms with E-state index in [1.165, 1.54) is 0 Å². The summed E-state index contributed by atoms with van der Waals surface area (Å²) in [4.78, 5) is 18.3. The smallest absolute Gasteiger partial charge is 0.410 e. The molecule has 2 unspecified atom stereocenters. The summed E-state index contributed by atoms with van der Waals surface area (Å²) in [5.41, 5.74) is 0.373. The standard InChI is InChI=1S/C15H21BrN2O3/c1-15(2,3)21-14(20)18-7-6-11(19)8-12(18)10-4-5-13(16)17-9-10/h4-5,9,11-12,19H,6-8H2,1-3H3. The van der Waals surface area contributed by atoms with Gasteiger partial charge in [-0.3, -0.25) is 0 Å². The Kier molecular flexibility index (Phi) is 4.88. The zero-order valence-electron chi connectivity index (χ0n) is 12.5. The van der Waals surface area contributed by atoms with Crippen LogP contribution in [-0.4, -0.2) is 39.3 Å². The molecule has 1 aromatic heterocycles. The van der Waals surface area contributed by atoms with E-state index in [4.69, 9.17) is 4.74 Å². The van der Waals surface area contributed by atoms with Crippen molar-refractivity contribution >= 4 is 22.0 Å². The third-order valence-electron chi connectivity index (χ3n) is 3.34. The number of carbonyl (C=O) groups is 1. The van der Waals surface area contributed by atoms with Gasteiger partial charge >= 0.3 is 6.09 Å². The molecule has 0 aromatic carbocycles. The Morgan fingerprint density at radius 3 is 2.76 bits per heavy atom. The van der Waals surface area contributed by atoms with Crippen LogP contribution in [-0.2, 0) is 4.74 Å². The topological polar surface area (TPSA) is 62.7 Å². The molecule has 0 bridgehead atoms. The molecule has 116 valence electrons. The Labute approximate surface area is 133 Å². The summed E-state index contributed by atoms with van der Waals surface area (Å²) in [6.07, 6.45) is 2.05. The van der Waals surface area contributed by atoms with E-state index in [-0.39, 0.29) is 12.1 Å². The third-order valence-corrected chi connectivity index (χ3v) is 3.81. The Balaban J connectivity index is 2.21. The van der Waals surface area contributed by atoms with Crippen molar-refractivity contribution in [2.24, 2.45) is 0 Å². The summed E-state index contributed by atoms with van der Waals surface area (Å²) in [5, 5.41) is 9.92. The second-order valence-electron chi connectivity index (χ2n) is 6.28. The Morgan fingerprint density at radius 1 is 1.48 bits per heavy atom. The molecular formula is C15H21BrN2O3. The van der Waals surface area contributed by atoms with E-state index < -0.39 is 11.7 Å². The average molecular weight is 357 g/mol. The van der Waals surface area contributed by atoms with Gasteiger partial charge < -0.3 is 14.7 Å². The lowest BCUT2D eigenvalue weighted by Crippen LogP contribution is -2.45. The highest BCUT2D eigenvalue weighted by molar-refractivity contribution is 9.10. The fourth-order valence-corrected chi connectivity index (χ4v) is 2.62. The van der Waals surface area contributed by atoms with E-state index >= 15 is 0 Å². The lowest BCUT2D eigenvalue weighted by Gasteiger charge is -2.38. The molecule has 21 heavy (non-hydrogen) atoms. The first-order valence-corrected chi connectivity index (χ1v) is 7.85. The monoisotopic (exact) mass is 356 g/mol. The molecule has 1 aliphatic rings. The molecule has 6 heteroatoms. The number of aliphatic hydroxyl groups excluding tert-OH is 1. The number of amides is 1. The number of pyridine rings is 1. The van der Waals surface area contributed by atoms with Gasteiger partial charge in [0.05, 0.1) is 12.1 Å². The van der Waals surface area contributed by atoms with E-state index in [0.29, 0.717) is 19.4 Å². The van der Waals surface area contributed by atoms with Crippen LogP contribution in [0.2, 0.25) is 0 Å². The number of aliphatic hydroxyl groups is 1.